The summed E-state index contributed by atoms with van der Waals surface area (Å²) in [6.07, 6.45) is 2.11. The van der Waals surface area contributed by atoms with Gasteiger partial charge in [0.25, 0.3) is 5.91 Å². The Morgan fingerprint density at radius 2 is 2.18 bits per heavy atom. The summed E-state index contributed by atoms with van der Waals surface area (Å²) in [5, 5.41) is 6.48. The Balaban J connectivity index is 1.33. The lowest BCUT2D eigenvalue weighted by Crippen LogP contribution is -2.36. The molecule has 2 amide bonds. The summed E-state index contributed by atoms with van der Waals surface area (Å²) in [5.41, 5.74) is 2.91. The lowest BCUT2D eigenvalue weighted by Gasteiger charge is -2.25. The van der Waals surface area contributed by atoms with E-state index in [1.165, 1.54) is 11.3 Å². The second kappa shape index (κ2) is 8.38. The average molecular weight is 401 g/mol. The fourth-order valence-corrected chi connectivity index (χ4v) is 4.57. The van der Waals surface area contributed by atoms with E-state index in [1.807, 2.05) is 31.2 Å². The van der Waals surface area contributed by atoms with Crippen molar-refractivity contribution in [3.8, 4) is 0 Å². The molecule has 0 radical (unpaired) electrons. The van der Waals surface area contributed by atoms with Gasteiger partial charge in [-0.3, -0.25) is 19.8 Å². The van der Waals surface area contributed by atoms with Crippen LogP contribution in [0.2, 0.25) is 0 Å². The molecule has 8 heteroatoms. The lowest BCUT2D eigenvalue weighted by molar-refractivity contribution is -0.124. The van der Waals surface area contributed by atoms with E-state index in [1.54, 1.807) is 0 Å². The molecular weight excluding hydrogens is 376 g/mol. The van der Waals surface area contributed by atoms with Crippen LogP contribution >= 0.6 is 11.3 Å². The number of para-hydroxylation sites is 1. The number of fused-ring (bicyclic) bond motifs is 1. The predicted octanol–water partition coefficient (Wildman–Crippen LogP) is 2.57. The molecule has 1 fully saturated rings. The number of hydrogen-bond acceptors (Lipinski definition) is 6. The van der Waals surface area contributed by atoms with Crippen molar-refractivity contribution in [3.05, 3.63) is 40.4 Å². The number of carbonyl (C=O) groups excluding carboxylic acids is 2. The summed E-state index contributed by atoms with van der Waals surface area (Å²) in [6.45, 7) is 4.41. The van der Waals surface area contributed by atoms with Crippen LogP contribution < -0.4 is 10.6 Å². The standard InChI is InChI=1S/C20H24N4O3S/c1-13-5-2-3-6-14(13)21-18(25)12-24-9-8-15-17(11-24)28-20(22-15)23-19(26)16-7-4-10-27-16/h2-3,5-6,16H,4,7-12H2,1H3,(H,21,25)(H,22,23,26). The van der Waals surface area contributed by atoms with Crippen LogP contribution in [0.5, 0.6) is 0 Å². The topological polar surface area (TPSA) is 83.6 Å². The first-order chi connectivity index (χ1) is 13.6. The van der Waals surface area contributed by atoms with Gasteiger partial charge in [-0.25, -0.2) is 4.98 Å². The number of carbonyl (C=O) groups is 2. The van der Waals surface area contributed by atoms with Crippen molar-refractivity contribution in [2.45, 2.75) is 38.8 Å². The molecule has 1 atom stereocenters. The summed E-state index contributed by atoms with van der Waals surface area (Å²) < 4.78 is 5.42. The molecule has 0 saturated carbocycles. The van der Waals surface area contributed by atoms with Crippen LogP contribution in [0.15, 0.2) is 24.3 Å². The zero-order valence-electron chi connectivity index (χ0n) is 15.9. The quantitative estimate of drug-likeness (QED) is 0.806. The number of amides is 2. The predicted molar refractivity (Wildman–Crippen MR) is 109 cm³/mol. The molecule has 2 aromatic rings. The first kappa shape index (κ1) is 19.0. The smallest absolute Gasteiger partial charge is 0.255 e. The van der Waals surface area contributed by atoms with Crippen molar-refractivity contribution in [1.82, 2.24) is 9.88 Å². The lowest BCUT2D eigenvalue weighted by atomic mass is 10.1. The average Bonchev–Trinajstić information content (AvgIpc) is 3.32. The van der Waals surface area contributed by atoms with Gasteiger partial charge >= 0.3 is 0 Å². The van der Waals surface area contributed by atoms with Gasteiger partial charge in [0.1, 0.15) is 6.10 Å². The molecule has 1 saturated heterocycles. The molecule has 4 rings (SSSR count). The number of thiazole rings is 1. The van der Waals surface area contributed by atoms with Crippen LogP contribution in [0.25, 0.3) is 0 Å². The van der Waals surface area contributed by atoms with Crippen molar-refractivity contribution in [2.24, 2.45) is 0 Å². The molecule has 7 nitrogen and oxygen atoms in total. The van der Waals surface area contributed by atoms with Crippen LogP contribution in [-0.2, 0) is 27.3 Å². The number of nitrogens with one attached hydrogen (secondary N) is 2. The van der Waals surface area contributed by atoms with Gasteiger partial charge in [0.05, 0.1) is 12.2 Å². The molecule has 2 aliphatic rings. The molecule has 1 aromatic carbocycles. The summed E-state index contributed by atoms with van der Waals surface area (Å²) in [7, 11) is 0. The zero-order valence-corrected chi connectivity index (χ0v) is 16.7. The number of nitrogens with zero attached hydrogens (tertiary/aromatic N) is 2. The Hall–Kier alpha value is -2.29. The zero-order chi connectivity index (χ0) is 19.5. The Bertz CT molecular complexity index is 876. The number of rotatable bonds is 5. The summed E-state index contributed by atoms with van der Waals surface area (Å²) in [5.74, 6) is -0.132. The largest absolute Gasteiger partial charge is 0.368 e. The van der Waals surface area contributed by atoms with E-state index in [9.17, 15) is 9.59 Å². The van der Waals surface area contributed by atoms with E-state index in [2.05, 4.69) is 20.5 Å². The van der Waals surface area contributed by atoms with Crippen molar-refractivity contribution in [2.75, 3.05) is 30.3 Å². The first-order valence-corrected chi connectivity index (χ1v) is 10.4. The summed E-state index contributed by atoms with van der Waals surface area (Å²) in [4.78, 5) is 32.4. The molecule has 0 aliphatic carbocycles. The number of hydrogen-bond donors (Lipinski definition) is 2. The van der Waals surface area contributed by atoms with Gasteiger partial charge in [-0.05, 0) is 31.4 Å². The third kappa shape index (κ3) is 4.40. The molecule has 1 unspecified atom stereocenters. The highest BCUT2D eigenvalue weighted by molar-refractivity contribution is 7.15. The van der Waals surface area contributed by atoms with Gasteiger partial charge in [0, 0.05) is 36.7 Å². The molecule has 0 spiro atoms. The Kier molecular flexibility index (Phi) is 5.70. The van der Waals surface area contributed by atoms with E-state index >= 15 is 0 Å². The minimum atomic E-state index is -0.359. The molecule has 3 heterocycles. The van der Waals surface area contributed by atoms with Crippen LogP contribution in [0, 0.1) is 6.92 Å². The maximum Gasteiger partial charge on any atom is 0.255 e. The van der Waals surface area contributed by atoms with Crippen LogP contribution in [0.4, 0.5) is 10.8 Å². The number of anilines is 2. The van der Waals surface area contributed by atoms with Gasteiger partial charge in [-0.1, -0.05) is 18.2 Å². The van der Waals surface area contributed by atoms with Crippen LogP contribution in [0.3, 0.4) is 0 Å². The van der Waals surface area contributed by atoms with Crippen molar-refractivity contribution >= 4 is 34.0 Å². The molecule has 1 aromatic heterocycles. The first-order valence-electron chi connectivity index (χ1n) is 9.57. The number of benzene rings is 1. The molecule has 28 heavy (non-hydrogen) atoms. The SMILES string of the molecule is Cc1ccccc1NC(=O)CN1CCc2nc(NC(=O)C3CCCO3)sc2C1. The van der Waals surface area contributed by atoms with Gasteiger partial charge in [-0.2, -0.15) is 0 Å². The van der Waals surface area contributed by atoms with Gasteiger partial charge in [0.2, 0.25) is 5.91 Å². The van der Waals surface area contributed by atoms with E-state index in [0.717, 1.165) is 47.6 Å². The van der Waals surface area contributed by atoms with Crippen LogP contribution in [-0.4, -0.2) is 47.5 Å². The molecule has 2 aliphatic heterocycles. The minimum Gasteiger partial charge on any atom is -0.368 e. The normalized spacial score (nSPS) is 19.2. The van der Waals surface area contributed by atoms with Crippen molar-refractivity contribution in [1.29, 1.82) is 0 Å². The van der Waals surface area contributed by atoms with Crippen LogP contribution in [0.1, 0.15) is 29.0 Å². The summed E-state index contributed by atoms with van der Waals surface area (Å²) >= 11 is 1.49. The maximum atomic E-state index is 12.4. The highest BCUT2D eigenvalue weighted by atomic mass is 32.1. The van der Waals surface area contributed by atoms with E-state index in [-0.39, 0.29) is 17.9 Å². The molecule has 148 valence electrons. The molecule has 2 N–H and O–H groups in total. The number of aryl methyl sites for hydroxylation is 1. The second-order valence-corrected chi connectivity index (χ2v) is 8.29. The van der Waals surface area contributed by atoms with E-state index in [4.69, 9.17) is 4.74 Å². The Labute approximate surface area is 168 Å². The van der Waals surface area contributed by atoms with Gasteiger partial charge in [-0.15, -0.1) is 11.3 Å². The number of aromatic nitrogens is 1. The Morgan fingerprint density at radius 1 is 1.32 bits per heavy atom. The van der Waals surface area contributed by atoms with Crippen molar-refractivity contribution in [3.63, 3.8) is 0 Å². The van der Waals surface area contributed by atoms with E-state index < -0.39 is 0 Å². The Morgan fingerprint density at radius 3 is 2.96 bits per heavy atom. The molecular formula is C20H24N4O3S. The highest BCUT2D eigenvalue weighted by Gasteiger charge is 2.26. The fourth-order valence-electron chi connectivity index (χ4n) is 3.51. The second-order valence-electron chi connectivity index (χ2n) is 7.20. The summed E-state index contributed by atoms with van der Waals surface area (Å²) in [6, 6.07) is 7.76. The molecule has 0 bridgehead atoms. The van der Waals surface area contributed by atoms with Crippen molar-refractivity contribution < 1.29 is 14.3 Å². The van der Waals surface area contributed by atoms with Gasteiger partial charge < -0.3 is 10.1 Å². The number of ether oxygens (including phenoxy) is 1. The third-order valence-corrected chi connectivity index (χ3v) is 6.05. The monoisotopic (exact) mass is 400 g/mol. The highest BCUT2D eigenvalue weighted by Crippen LogP contribution is 2.29. The minimum absolute atomic E-state index is 0.0193. The van der Waals surface area contributed by atoms with Gasteiger partial charge in [0.15, 0.2) is 5.13 Å². The third-order valence-electron chi connectivity index (χ3n) is 5.05. The maximum absolute atomic E-state index is 12.4. The fraction of sp³-hybridized carbons (Fsp3) is 0.450. The van der Waals surface area contributed by atoms with E-state index in [0.29, 0.717) is 24.8 Å².